The first-order valence-corrected chi connectivity index (χ1v) is 7.89. The average Bonchev–Trinajstić information content (AvgIpc) is 3.17. The summed E-state index contributed by atoms with van der Waals surface area (Å²) in [6.07, 6.45) is 1.50. The Bertz CT molecular complexity index is 740. The van der Waals surface area contributed by atoms with Crippen molar-refractivity contribution in [1.29, 1.82) is 0 Å². The first kappa shape index (κ1) is 19.2. The van der Waals surface area contributed by atoms with Crippen molar-refractivity contribution < 1.29 is 28.6 Å². The molecule has 0 bridgehead atoms. The van der Waals surface area contributed by atoms with E-state index in [2.05, 4.69) is 5.32 Å². The van der Waals surface area contributed by atoms with E-state index in [1.807, 2.05) is 0 Å². The van der Waals surface area contributed by atoms with E-state index in [0.29, 0.717) is 11.3 Å². The van der Waals surface area contributed by atoms with Crippen LogP contribution in [0.1, 0.15) is 21.7 Å². The fraction of sp³-hybridized carbons (Fsp3) is 0.278. The third kappa shape index (κ3) is 5.75. The predicted molar refractivity (Wildman–Crippen MR) is 90.8 cm³/mol. The van der Waals surface area contributed by atoms with Gasteiger partial charge in [-0.05, 0) is 29.8 Å². The fourth-order valence-corrected chi connectivity index (χ4v) is 2.03. The largest absolute Gasteiger partial charge is 0.467 e. The second-order valence-corrected chi connectivity index (χ2v) is 5.54. The van der Waals surface area contributed by atoms with Crippen LogP contribution in [0.25, 0.3) is 0 Å². The molecular formula is C18H20N2O6. The van der Waals surface area contributed by atoms with Crippen LogP contribution >= 0.6 is 0 Å². The van der Waals surface area contributed by atoms with Crippen molar-refractivity contribution in [3.05, 3.63) is 59.5 Å². The van der Waals surface area contributed by atoms with Crippen LogP contribution in [-0.4, -0.2) is 48.0 Å². The third-order valence-corrected chi connectivity index (χ3v) is 3.55. The number of ether oxygens (including phenoxy) is 1. The quantitative estimate of drug-likeness (QED) is 0.671. The number of hydrogen-bond acceptors (Lipinski definition) is 6. The molecule has 2 amide bonds. The second kappa shape index (κ2) is 9.38. The molecule has 0 aliphatic carbocycles. The number of nitrogens with zero attached hydrogens (tertiary/aromatic N) is 1. The van der Waals surface area contributed by atoms with E-state index < -0.39 is 18.5 Å². The van der Waals surface area contributed by atoms with Crippen LogP contribution in [0, 0.1) is 0 Å². The van der Waals surface area contributed by atoms with Crippen molar-refractivity contribution >= 4 is 17.8 Å². The molecule has 0 fully saturated rings. The molecule has 0 aliphatic heterocycles. The standard InChI is InChI=1S/C18H20N2O6/c1-20(10-16(22)19-9-15-3-2-8-25-15)17(23)12-26-18(24)14-6-4-13(11-21)5-7-14/h2-8,21H,9-12H2,1H3,(H,19,22). The number of likely N-dealkylation sites (N-methyl/N-ethyl adjacent to an activating group) is 1. The summed E-state index contributed by atoms with van der Waals surface area (Å²) in [6, 6.07) is 9.63. The van der Waals surface area contributed by atoms with Crippen molar-refractivity contribution in [2.45, 2.75) is 13.2 Å². The molecule has 0 aliphatic rings. The minimum atomic E-state index is -0.654. The number of amides is 2. The van der Waals surface area contributed by atoms with Crippen LogP contribution in [-0.2, 0) is 27.5 Å². The molecule has 8 heteroatoms. The minimum absolute atomic E-state index is 0.124. The first-order chi connectivity index (χ1) is 12.5. The summed E-state index contributed by atoms with van der Waals surface area (Å²) in [7, 11) is 1.44. The van der Waals surface area contributed by atoms with Crippen LogP contribution in [0.5, 0.6) is 0 Å². The molecular weight excluding hydrogens is 340 g/mol. The highest BCUT2D eigenvalue weighted by Gasteiger charge is 2.16. The normalized spacial score (nSPS) is 10.2. The van der Waals surface area contributed by atoms with Gasteiger partial charge in [-0.2, -0.15) is 0 Å². The number of benzene rings is 1. The molecule has 2 rings (SSSR count). The Hall–Kier alpha value is -3.13. The van der Waals surface area contributed by atoms with E-state index in [4.69, 9.17) is 14.3 Å². The van der Waals surface area contributed by atoms with Gasteiger partial charge >= 0.3 is 5.97 Å². The number of aliphatic hydroxyl groups is 1. The van der Waals surface area contributed by atoms with Gasteiger partial charge in [0.15, 0.2) is 6.61 Å². The van der Waals surface area contributed by atoms with E-state index in [9.17, 15) is 14.4 Å². The summed E-state index contributed by atoms with van der Waals surface area (Å²) < 4.78 is 10.0. The number of furan rings is 1. The predicted octanol–water partition coefficient (Wildman–Crippen LogP) is 0.703. The van der Waals surface area contributed by atoms with Gasteiger partial charge in [-0.1, -0.05) is 12.1 Å². The topological polar surface area (TPSA) is 109 Å². The number of carbonyl (C=O) groups excluding carboxylic acids is 3. The van der Waals surface area contributed by atoms with E-state index in [1.165, 1.54) is 30.3 Å². The highest BCUT2D eigenvalue weighted by atomic mass is 16.5. The van der Waals surface area contributed by atoms with E-state index in [1.54, 1.807) is 24.3 Å². The zero-order chi connectivity index (χ0) is 18.9. The van der Waals surface area contributed by atoms with E-state index in [0.717, 1.165) is 0 Å². The molecule has 1 heterocycles. The monoisotopic (exact) mass is 360 g/mol. The maximum absolute atomic E-state index is 12.0. The summed E-state index contributed by atoms with van der Waals surface area (Å²) in [5, 5.41) is 11.6. The molecule has 0 atom stereocenters. The molecule has 1 aromatic carbocycles. The summed E-state index contributed by atoms with van der Waals surface area (Å²) in [5.74, 6) is -0.909. The highest BCUT2D eigenvalue weighted by molar-refractivity contribution is 5.92. The van der Waals surface area contributed by atoms with Crippen molar-refractivity contribution in [2.24, 2.45) is 0 Å². The first-order valence-electron chi connectivity index (χ1n) is 7.89. The number of rotatable bonds is 8. The SMILES string of the molecule is CN(CC(=O)NCc1ccco1)C(=O)COC(=O)c1ccc(CO)cc1. The number of nitrogens with one attached hydrogen (secondary N) is 1. The molecule has 0 radical (unpaired) electrons. The Labute approximate surface area is 150 Å². The Morgan fingerprint density at radius 2 is 1.92 bits per heavy atom. The minimum Gasteiger partial charge on any atom is -0.467 e. The lowest BCUT2D eigenvalue weighted by atomic mass is 10.1. The van der Waals surface area contributed by atoms with Crippen LogP contribution in [0.3, 0.4) is 0 Å². The van der Waals surface area contributed by atoms with Crippen LogP contribution < -0.4 is 5.32 Å². The molecule has 1 aromatic heterocycles. The maximum Gasteiger partial charge on any atom is 0.338 e. The van der Waals surface area contributed by atoms with Gasteiger partial charge in [0.25, 0.3) is 5.91 Å². The molecule has 0 saturated heterocycles. The highest BCUT2D eigenvalue weighted by Crippen LogP contribution is 2.06. The second-order valence-electron chi connectivity index (χ2n) is 5.54. The number of hydrogen-bond donors (Lipinski definition) is 2. The van der Waals surface area contributed by atoms with Crippen molar-refractivity contribution in [1.82, 2.24) is 10.2 Å². The Balaban J connectivity index is 1.73. The summed E-state index contributed by atoms with van der Waals surface area (Å²) >= 11 is 0. The molecule has 2 N–H and O–H groups in total. The van der Waals surface area contributed by atoms with Crippen LogP contribution in [0.15, 0.2) is 47.1 Å². The van der Waals surface area contributed by atoms with Crippen molar-refractivity contribution in [2.75, 3.05) is 20.2 Å². The number of aliphatic hydroxyl groups excluding tert-OH is 1. The molecule has 138 valence electrons. The van der Waals surface area contributed by atoms with Gasteiger partial charge in [-0.25, -0.2) is 4.79 Å². The lowest BCUT2D eigenvalue weighted by Gasteiger charge is -2.16. The number of esters is 1. The van der Waals surface area contributed by atoms with Crippen molar-refractivity contribution in [3.8, 4) is 0 Å². The molecule has 8 nitrogen and oxygen atoms in total. The van der Waals surface area contributed by atoms with Gasteiger partial charge in [0.1, 0.15) is 5.76 Å². The number of carbonyl (C=O) groups is 3. The van der Waals surface area contributed by atoms with Crippen molar-refractivity contribution in [3.63, 3.8) is 0 Å². The van der Waals surface area contributed by atoms with Gasteiger partial charge in [-0.15, -0.1) is 0 Å². The zero-order valence-electron chi connectivity index (χ0n) is 14.3. The smallest absolute Gasteiger partial charge is 0.338 e. The average molecular weight is 360 g/mol. The van der Waals surface area contributed by atoms with Gasteiger partial charge in [0, 0.05) is 7.05 Å². The summed E-state index contributed by atoms with van der Waals surface area (Å²) in [4.78, 5) is 36.8. The lowest BCUT2D eigenvalue weighted by molar-refractivity contribution is -0.137. The Morgan fingerprint density at radius 3 is 2.54 bits per heavy atom. The van der Waals surface area contributed by atoms with Crippen LogP contribution in [0.4, 0.5) is 0 Å². The molecule has 2 aromatic rings. The third-order valence-electron chi connectivity index (χ3n) is 3.55. The van der Waals surface area contributed by atoms with E-state index >= 15 is 0 Å². The Morgan fingerprint density at radius 1 is 1.19 bits per heavy atom. The molecule has 0 unspecified atom stereocenters. The molecule has 0 saturated carbocycles. The summed E-state index contributed by atoms with van der Waals surface area (Å²) in [5.41, 5.74) is 0.937. The Kier molecular flexibility index (Phi) is 6.92. The molecule has 26 heavy (non-hydrogen) atoms. The fourth-order valence-electron chi connectivity index (χ4n) is 2.03. The van der Waals surface area contributed by atoms with Gasteiger partial charge in [0.05, 0.1) is 31.5 Å². The van der Waals surface area contributed by atoms with Gasteiger partial charge in [-0.3, -0.25) is 9.59 Å². The summed E-state index contributed by atoms with van der Waals surface area (Å²) in [6.45, 7) is -0.530. The van der Waals surface area contributed by atoms with E-state index in [-0.39, 0.29) is 31.2 Å². The van der Waals surface area contributed by atoms with Gasteiger partial charge in [0.2, 0.25) is 5.91 Å². The van der Waals surface area contributed by atoms with Gasteiger partial charge < -0.3 is 24.5 Å². The lowest BCUT2D eigenvalue weighted by Crippen LogP contribution is -2.39. The van der Waals surface area contributed by atoms with Crippen LogP contribution in [0.2, 0.25) is 0 Å². The molecule has 0 spiro atoms. The maximum atomic E-state index is 12.0. The zero-order valence-corrected chi connectivity index (χ0v) is 14.3.